The van der Waals surface area contributed by atoms with Crippen LogP contribution in [0, 0.1) is 6.92 Å². The maximum Gasteiger partial charge on any atom is 0.257 e. The maximum atomic E-state index is 14.6. The molecule has 4 aromatic rings. The molecule has 1 aliphatic carbocycles. The minimum Gasteiger partial charge on any atom is -0.456 e. The third kappa shape index (κ3) is 2.38. The summed E-state index contributed by atoms with van der Waals surface area (Å²) in [6.45, 7) is 5.84. The van der Waals surface area contributed by atoms with Crippen LogP contribution in [-0.2, 0) is 18.2 Å². The number of amides is 1. The van der Waals surface area contributed by atoms with Crippen LogP contribution in [0.4, 0.5) is 5.69 Å². The van der Waals surface area contributed by atoms with E-state index in [0.717, 1.165) is 5.56 Å². The Morgan fingerprint density at radius 2 is 1.94 bits per heavy atom. The van der Waals surface area contributed by atoms with Crippen molar-refractivity contribution in [3.63, 3.8) is 0 Å². The molecule has 2 atom stereocenters. The highest BCUT2D eigenvalue weighted by atomic mass is 16.6. The van der Waals surface area contributed by atoms with Gasteiger partial charge in [0.05, 0.1) is 16.8 Å². The molecule has 0 saturated heterocycles. The summed E-state index contributed by atoms with van der Waals surface area (Å²) < 4.78 is 7.89. The Labute approximate surface area is 206 Å². The fraction of sp³-hybridized carbons (Fsp3) is 0.259. The van der Waals surface area contributed by atoms with Gasteiger partial charge < -0.3 is 21.3 Å². The predicted octanol–water partition coefficient (Wildman–Crippen LogP) is 2.80. The first-order valence-electron chi connectivity index (χ1n) is 11.7. The van der Waals surface area contributed by atoms with Gasteiger partial charge in [-0.15, -0.1) is 0 Å². The second-order valence-electron chi connectivity index (χ2n) is 9.82. The number of rotatable bonds is 3. The first-order chi connectivity index (χ1) is 17.0. The van der Waals surface area contributed by atoms with Gasteiger partial charge in [-0.1, -0.05) is 38.1 Å². The van der Waals surface area contributed by atoms with Gasteiger partial charge >= 0.3 is 0 Å². The third-order valence-electron chi connectivity index (χ3n) is 7.54. The summed E-state index contributed by atoms with van der Waals surface area (Å²) in [4.78, 5) is 31.9. The van der Waals surface area contributed by atoms with Crippen LogP contribution in [0.15, 0.2) is 42.6 Å². The molecule has 36 heavy (non-hydrogen) atoms. The number of fused-ring (bicyclic) bond motifs is 6. The molecule has 2 aliphatic rings. The van der Waals surface area contributed by atoms with E-state index in [1.54, 1.807) is 42.9 Å². The average Bonchev–Trinajstić information content (AvgIpc) is 3.34. The molecule has 9 nitrogen and oxygen atoms in total. The number of anilines is 1. The number of nitrogen functional groups attached to an aromatic ring is 1. The summed E-state index contributed by atoms with van der Waals surface area (Å²) in [5, 5.41) is 17.4. The van der Waals surface area contributed by atoms with E-state index in [4.69, 9.17) is 16.2 Å². The van der Waals surface area contributed by atoms with E-state index in [9.17, 15) is 14.7 Å². The summed E-state index contributed by atoms with van der Waals surface area (Å²) in [5.41, 5.74) is 13.4. The van der Waals surface area contributed by atoms with Crippen molar-refractivity contribution in [3.8, 4) is 5.75 Å². The van der Waals surface area contributed by atoms with Gasteiger partial charge in [0, 0.05) is 41.0 Å². The summed E-state index contributed by atoms with van der Waals surface area (Å²) in [6, 6.07) is 10.4. The molecule has 1 aliphatic heterocycles. The van der Waals surface area contributed by atoms with Crippen LogP contribution in [0.1, 0.15) is 68.4 Å². The second-order valence-corrected chi connectivity index (χ2v) is 9.82. The molecule has 0 spiro atoms. The van der Waals surface area contributed by atoms with Gasteiger partial charge in [0.2, 0.25) is 0 Å². The predicted molar refractivity (Wildman–Crippen MR) is 133 cm³/mol. The molecular weight excluding hydrogens is 458 g/mol. The topological polar surface area (TPSA) is 146 Å². The minimum atomic E-state index is -2.19. The highest BCUT2D eigenvalue weighted by molar-refractivity contribution is 6.19. The summed E-state index contributed by atoms with van der Waals surface area (Å²) in [5.74, 6) is -2.92. The Kier molecular flexibility index (Phi) is 4.27. The number of hydrogen-bond donors (Lipinski definition) is 3. The molecule has 0 saturated carbocycles. The van der Waals surface area contributed by atoms with Crippen LogP contribution < -0.4 is 16.2 Å². The van der Waals surface area contributed by atoms with Crippen LogP contribution in [0.3, 0.4) is 0 Å². The number of aliphatic hydroxyl groups is 1. The number of hydrogen-bond acceptors (Lipinski definition) is 7. The number of benzene rings is 2. The molecule has 3 heterocycles. The van der Waals surface area contributed by atoms with Crippen LogP contribution >= 0.6 is 0 Å². The van der Waals surface area contributed by atoms with Crippen molar-refractivity contribution in [2.45, 2.75) is 37.9 Å². The molecule has 1 amide bonds. The molecule has 0 bridgehead atoms. The maximum absolute atomic E-state index is 14.6. The monoisotopic (exact) mass is 483 g/mol. The van der Waals surface area contributed by atoms with Crippen molar-refractivity contribution in [2.75, 3.05) is 5.73 Å². The molecule has 5 N–H and O–H groups in total. The highest BCUT2D eigenvalue weighted by Gasteiger charge is 2.73. The Morgan fingerprint density at radius 1 is 1.19 bits per heavy atom. The number of nitrogens with zero attached hydrogens (tertiary/aromatic N) is 3. The van der Waals surface area contributed by atoms with Crippen LogP contribution in [-0.4, -0.2) is 31.6 Å². The van der Waals surface area contributed by atoms with Gasteiger partial charge in [0.25, 0.3) is 11.7 Å². The van der Waals surface area contributed by atoms with E-state index in [1.807, 2.05) is 26.0 Å². The first-order valence-corrected chi connectivity index (χ1v) is 11.7. The molecular formula is C27H25N5O4. The zero-order valence-corrected chi connectivity index (χ0v) is 20.3. The molecule has 2 aromatic carbocycles. The standard InChI is InChI=1S/C27H25N5O4/c1-12(2)14-8-9-16-19(10-14)36-27(35)17-6-5-7-18(28)21(17)23(33)26(16,27)22-15(24(29)34)11-30-25-20(22)13(3)31-32(25)4/h5-12,35H,28H2,1-4H3,(H2,29,34). The molecule has 9 heteroatoms. The Balaban J connectivity index is 1.85. The minimum absolute atomic E-state index is 0.00105. The lowest BCUT2D eigenvalue weighted by molar-refractivity contribution is -0.154. The van der Waals surface area contributed by atoms with Gasteiger partial charge in [0.1, 0.15) is 5.75 Å². The quantitative estimate of drug-likeness (QED) is 0.380. The second kappa shape index (κ2) is 6.92. The van der Waals surface area contributed by atoms with E-state index in [1.165, 1.54) is 6.20 Å². The Morgan fingerprint density at radius 3 is 2.64 bits per heavy atom. The van der Waals surface area contributed by atoms with Crippen LogP contribution in [0.25, 0.3) is 11.0 Å². The van der Waals surface area contributed by atoms with Gasteiger partial charge in [0.15, 0.2) is 16.8 Å². The van der Waals surface area contributed by atoms with E-state index in [0.29, 0.717) is 28.0 Å². The van der Waals surface area contributed by atoms with Crippen molar-refractivity contribution >= 4 is 28.4 Å². The molecule has 182 valence electrons. The van der Waals surface area contributed by atoms with Crippen molar-refractivity contribution in [3.05, 3.63) is 81.7 Å². The number of ketones is 1. The summed E-state index contributed by atoms with van der Waals surface area (Å²) in [6.07, 6.45) is 1.33. The van der Waals surface area contributed by atoms with Crippen molar-refractivity contribution < 1.29 is 19.4 Å². The number of primary amides is 1. The SMILES string of the molecule is Cc1nn(C)c2ncc(C(N)=O)c(C34C(=O)c5c(N)cccc5C3(O)Oc3cc(C(C)C)ccc34)c12. The normalized spacial score (nSPS) is 22.0. The number of carbonyl (C=O) groups is 2. The number of nitrogens with two attached hydrogens (primary N) is 2. The average molecular weight is 484 g/mol. The van der Waals surface area contributed by atoms with Crippen molar-refractivity contribution in [1.82, 2.24) is 14.8 Å². The zero-order chi connectivity index (χ0) is 25.7. The molecule has 0 fully saturated rings. The summed E-state index contributed by atoms with van der Waals surface area (Å²) >= 11 is 0. The fourth-order valence-corrected chi connectivity index (χ4v) is 5.94. The molecule has 2 aromatic heterocycles. The van der Waals surface area contributed by atoms with E-state index < -0.39 is 22.9 Å². The molecule has 0 radical (unpaired) electrons. The lowest BCUT2D eigenvalue weighted by Crippen LogP contribution is -2.50. The first kappa shape index (κ1) is 22.2. The number of Topliss-reactive ketones (excluding diaryl/α,β-unsaturated/α-hetero) is 1. The number of ether oxygens (including phenoxy) is 1. The summed E-state index contributed by atoms with van der Waals surface area (Å²) in [7, 11) is 1.72. The van der Waals surface area contributed by atoms with Gasteiger partial charge in [-0.2, -0.15) is 5.10 Å². The zero-order valence-electron chi connectivity index (χ0n) is 20.3. The lowest BCUT2D eigenvalue weighted by atomic mass is 9.66. The molecule has 6 rings (SSSR count). The van der Waals surface area contributed by atoms with Crippen LogP contribution in [0.5, 0.6) is 5.75 Å². The van der Waals surface area contributed by atoms with Crippen LogP contribution in [0.2, 0.25) is 0 Å². The van der Waals surface area contributed by atoms with Crippen molar-refractivity contribution in [1.29, 1.82) is 0 Å². The lowest BCUT2D eigenvalue weighted by Gasteiger charge is -2.35. The van der Waals surface area contributed by atoms with Gasteiger partial charge in [-0.25, -0.2) is 4.98 Å². The smallest absolute Gasteiger partial charge is 0.257 e. The largest absolute Gasteiger partial charge is 0.456 e. The fourth-order valence-electron chi connectivity index (χ4n) is 5.94. The number of pyridine rings is 1. The van der Waals surface area contributed by atoms with Gasteiger partial charge in [-0.3, -0.25) is 14.3 Å². The van der Waals surface area contributed by atoms with E-state index in [2.05, 4.69) is 10.1 Å². The number of carbonyl (C=O) groups excluding carboxylic acids is 2. The molecule has 2 unspecified atom stereocenters. The third-order valence-corrected chi connectivity index (χ3v) is 7.54. The van der Waals surface area contributed by atoms with E-state index >= 15 is 0 Å². The van der Waals surface area contributed by atoms with Gasteiger partial charge in [-0.05, 0) is 30.5 Å². The number of aryl methyl sites for hydroxylation is 2. The highest BCUT2D eigenvalue weighted by Crippen LogP contribution is 2.64. The Hall–Kier alpha value is -4.24. The number of aromatic nitrogens is 3. The van der Waals surface area contributed by atoms with Crippen molar-refractivity contribution in [2.24, 2.45) is 12.8 Å². The van der Waals surface area contributed by atoms with E-state index in [-0.39, 0.29) is 33.9 Å². The Bertz CT molecular complexity index is 1660.